The molecule has 0 N–H and O–H groups in total. The minimum absolute atomic E-state index is 0. The molecule has 0 aromatic rings. The molecule has 0 fully saturated rings. The second-order valence-corrected chi connectivity index (χ2v) is 2.65. The first-order valence-electron chi connectivity index (χ1n) is 4.03. The first-order chi connectivity index (χ1) is 4.74. The molecule has 0 bridgehead atoms. The van der Waals surface area contributed by atoms with Crippen molar-refractivity contribution in [2.24, 2.45) is 0 Å². The molecular formula is C9H18IN. The molecular weight excluding hydrogens is 249 g/mol. The van der Waals surface area contributed by atoms with Crippen molar-refractivity contribution in [2.75, 3.05) is 26.2 Å². The Morgan fingerprint density at radius 1 is 1.09 bits per heavy atom. The van der Waals surface area contributed by atoms with Gasteiger partial charge < -0.3 is 28.5 Å². The number of quaternary nitrogens is 1. The highest BCUT2D eigenvalue weighted by Crippen LogP contribution is 2.03. The van der Waals surface area contributed by atoms with Crippen molar-refractivity contribution in [3.8, 4) is 12.3 Å². The minimum Gasteiger partial charge on any atom is -1.00 e. The molecule has 0 aliphatic carbocycles. The van der Waals surface area contributed by atoms with Crippen molar-refractivity contribution in [2.45, 2.75) is 20.8 Å². The predicted molar refractivity (Wildman–Crippen MR) is 45.6 cm³/mol. The summed E-state index contributed by atoms with van der Waals surface area (Å²) in [5.41, 5.74) is 0. The van der Waals surface area contributed by atoms with Gasteiger partial charge in [0.2, 0.25) is 0 Å². The van der Waals surface area contributed by atoms with Crippen LogP contribution in [0.5, 0.6) is 0 Å². The van der Waals surface area contributed by atoms with Gasteiger partial charge in [-0.05, 0) is 26.7 Å². The van der Waals surface area contributed by atoms with Gasteiger partial charge in [0, 0.05) is 0 Å². The minimum atomic E-state index is 0. The Labute approximate surface area is 87.8 Å². The molecule has 11 heavy (non-hydrogen) atoms. The summed E-state index contributed by atoms with van der Waals surface area (Å²) in [6, 6.07) is 0. The maximum Gasteiger partial charge on any atom is 0.140 e. The van der Waals surface area contributed by atoms with Crippen LogP contribution in [0.3, 0.4) is 0 Å². The smallest absolute Gasteiger partial charge is 0.140 e. The fraction of sp³-hybridized carbons (Fsp3) is 0.778. The van der Waals surface area contributed by atoms with Gasteiger partial charge in [-0.1, -0.05) is 0 Å². The molecule has 2 heteroatoms. The zero-order valence-corrected chi connectivity index (χ0v) is 9.89. The van der Waals surface area contributed by atoms with Crippen molar-refractivity contribution >= 4 is 0 Å². The van der Waals surface area contributed by atoms with Crippen LogP contribution >= 0.6 is 0 Å². The van der Waals surface area contributed by atoms with Gasteiger partial charge in [0.05, 0.1) is 19.6 Å². The van der Waals surface area contributed by atoms with E-state index < -0.39 is 0 Å². The van der Waals surface area contributed by atoms with Crippen LogP contribution < -0.4 is 24.0 Å². The van der Waals surface area contributed by atoms with Gasteiger partial charge in [-0.25, -0.2) is 0 Å². The summed E-state index contributed by atoms with van der Waals surface area (Å²) in [6.07, 6.45) is 5.28. The Kier molecular flexibility index (Phi) is 8.70. The van der Waals surface area contributed by atoms with E-state index in [-0.39, 0.29) is 24.0 Å². The number of terminal acetylenes is 1. The van der Waals surface area contributed by atoms with E-state index in [0.29, 0.717) is 0 Å². The molecule has 66 valence electrons. The molecule has 0 saturated heterocycles. The Morgan fingerprint density at radius 2 is 1.45 bits per heavy atom. The second-order valence-electron chi connectivity index (χ2n) is 2.65. The van der Waals surface area contributed by atoms with Crippen LogP contribution in [-0.4, -0.2) is 30.7 Å². The van der Waals surface area contributed by atoms with E-state index in [2.05, 4.69) is 26.7 Å². The number of halogens is 1. The maximum atomic E-state index is 5.28. The normalized spacial score (nSPS) is 10.0. The summed E-state index contributed by atoms with van der Waals surface area (Å²) in [7, 11) is 0. The lowest BCUT2D eigenvalue weighted by molar-refractivity contribution is -0.916. The van der Waals surface area contributed by atoms with Crippen LogP contribution in [0, 0.1) is 12.3 Å². The zero-order chi connectivity index (χ0) is 8.04. The van der Waals surface area contributed by atoms with E-state index in [9.17, 15) is 0 Å². The fourth-order valence-corrected chi connectivity index (χ4v) is 1.20. The third-order valence-electron chi connectivity index (χ3n) is 2.44. The monoisotopic (exact) mass is 267 g/mol. The Morgan fingerprint density at radius 3 is 1.55 bits per heavy atom. The molecule has 0 atom stereocenters. The van der Waals surface area contributed by atoms with Gasteiger partial charge in [-0.2, -0.15) is 0 Å². The SMILES string of the molecule is C#CC[N+](CC)(CC)CC.[I-]. The van der Waals surface area contributed by atoms with Crippen LogP contribution in [0.1, 0.15) is 20.8 Å². The lowest BCUT2D eigenvalue weighted by Gasteiger charge is -2.33. The molecule has 0 saturated carbocycles. The van der Waals surface area contributed by atoms with Crippen molar-refractivity contribution in [3.05, 3.63) is 0 Å². The standard InChI is InChI=1S/C9H18N.HI/c1-5-9-10(6-2,7-3)8-4;/h1H,6-9H2,2-4H3;1H/q+1;/p-1. The van der Waals surface area contributed by atoms with Gasteiger partial charge in [0.1, 0.15) is 6.54 Å². The molecule has 0 unspecified atom stereocenters. The third-order valence-corrected chi connectivity index (χ3v) is 2.44. The van der Waals surface area contributed by atoms with Crippen LogP contribution in [-0.2, 0) is 0 Å². The Balaban J connectivity index is 0. The highest BCUT2D eigenvalue weighted by molar-refractivity contribution is 4.83. The van der Waals surface area contributed by atoms with Crippen LogP contribution in [0.2, 0.25) is 0 Å². The molecule has 1 nitrogen and oxygen atoms in total. The molecule has 0 aromatic carbocycles. The van der Waals surface area contributed by atoms with E-state index in [1.165, 1.54) is 0 Å². The predicted octanol–water partition coefficient (Wildman–Crippen LogP) is -1.50. The molecule has 0 aromatic heterocycles. The van der Waals surface area contributed by atoms with E-state index in [0.717, 1.165) is 30.7 Å². The van der Waals surface area contributed by atoms with Crippen LogP contribution in [0.4, 0.5) is 0 Å². The van der Waals surface area contributed by atoms with Gasteiger partial charge in [0.25, 0.3) is 0 Å². The summed E-state index contributed by atoms with van der Waals surface area (Å²) in [4.78, 5) is 0. The van der Waals surface area contributed by atoms with Crippen LogP contribution in [0.15, 0.2) is 0 Å². The fourth-order valence-electron chi connectivity index (χ4n) is 1.20. The maximum absolute atomic E-state index is 5.28. The highest BCUT2D eigenvalue weighted by atomic mass is 127. The first-order valence-corrected chi connectivity index (χ1v) is 4.03. The van der Waals surface area contributed by atoms with Crippen molar-refractivity contribution in [1.82, 2.24) is 0 Å². The average Bonchev–Trinajstić information content (AvgIpc) is 2.01. The molecule has 0 heterocycles. The van der Waals surface area contributed by atoms with E-state index in [1.54, 1.807) is 0 Å². The molecule has 0 radical (unpaired) electrons. The van der Waals surface area contributed by atoms with Gasteiger partial charge >= 0.3 is 0 Å². The summed E-state index contributed by atoms with van der Waals surface area (Å²) >= 11 is 0. The third kappa shape index (κ3) is 3.97. The lowest BCUT2D eigenvalue weighted by Crippen LogP contribution is -3.00. The summed E-state index contributed by atoms with van der Waals surface area (Å²) in [5, 5.41) is 0. The van der Waals surface area contributed by atoms with Gasteiger partial charge in [-0.3, -0.25) is 0 Å². The number of hydrogen-bond donors (Lipinski definition) is 0. The van der Waals surface area contributed by atoms with Gasteiger partial charge in [-0.15, -0.1) is 6.42 Å². The molecule has 0 amide bonds. The van der Waals surface area contributed by atoms with Crippen molar-refractivity contribution < 1.29 is 28.5 Å². The van der Waals surface area contributed by atoms with Crippen molar-refractivity contribution in [1.29, 1.82) is 0 Å². The highest BCUT2D eigenvalue weighted by Gasteiger charge is 2.17. The van der Waals surface area contributed by atoms with Crippen molar-refractivity contribution in [3.63, 3.8) is 0 Å². The Bertz CT molecular complexity index is 114. The molecule has 0 rings (SSSR count). The van der Waals surface area contributed by atoms with Crippen LogP contribution in [0.25, 0.3) is 0 Å². The quantitative estimate of drug-likeness (QED) is 0.330. The molecule has 0 aliphatic rings. The first kappa shape index (κ1) is 13.8. The Hall–Kier alpha value is 0.250. The zero-order valence-electron chi connectivity index (χ0n) is 7.73. The second kappa shape index (κ2) is 6.93. The number of hydrogen-bond acceptors (Lipinski definition) is 0. The largest absolute Gasteiger partial charge is 1.00 e. The number of rotatable bonds is 4. The van der Waals surface area contributed by atoms with E-state index >= 15 is 0 Å². The average molecular weight is 267 g/mol. The lowest BCUT2D eigenvalue weighted by atomic mass is 10.3. The van der Waals surface area contributed by atoms with E-state index in [4.69, 9.17) is 6.42 Å². The summed E-state index contributed by atoms with van der Waals surface area (Å²) in [5.74, 6) is 2.73. The molecule has 0 spiro atoms. The topological polar surface area (TPSA) is 0 Å². The van der Waals surface area contributed by atoms with E-state index in [1.807, 2.05) is 0 Å². The van der Waals surface area contributed by atoms with Gasteiger partial charge in [0.15, 0.2) is 0 Å². The number of nitrogens with zero attached hydrogens (tertiary/aromatic N) is 1. The molecule has 0 aliphatic heterocycles. The summed E-state index contributed by atoms with van der Waals surface area (Å²) < 4.78 is 1.07. The summed E-state index contributed by atoms with van der Waals surface area (Å²) in [6.45, 7) is 10.9.